The molecule has 1 aliphatic heterocycles. The highest BCUT2D eigenvalue weighted by atomic mass is 16.5. The summed E-state index contributed by atoms with van der Waals surface area (Å²) in [5.41, 5.74) is 1.68. The lowest BCUT2D eigenvalue weighted by molar-refractivity contribution is 0.0928. The number of carbonyl (C=O) groups is 1. The summed E-state index contributed by atoms with van der Waals surface area (Å²) in [7, 11) is 3.16. The Balaban J connectivity index is 2.51. The quantitative estimate of drug-likeness (QED) is 0.820. The van der Waals surface area contributed by atoms with Gasteiger partial charge in [0.05, 0.1) is 14.2 Å². The number of hydrogen-bond donors (Lipinski definition) is 1. The summed E-state index contributed by atoms with van der Waals surface area (Å²) in [6, 6.07) is 3.77. The van der Waals surface area contributed by atoms with E-state index in [-0.39, 0.29) is 11.9 Å². The van der Waals surface area contributed by atoms with Crippen molar-refractivity contribution in [2.45, 2.75) is 19.4 Å². The maximum atomic E-state index is 11.8. The second kappa shape index (κ2) is 4.04. The van der Waals surface area contributed by atoms with Crippen LogP contribution >= 0.6 is 0 Å². The molecule has 0 spiro atoms. The zero-order valence-electron chi connectivity index (χ0n) is 9.66. The van der Waals surface area contributed by atoms with E-state index in [4.69, 9.17) is 9.47 Å². The molecule has 0 aromatic heterocycles. The fourth-order valence-electron chi connectivity index (χ4n) is 1.98. The fourth-order valence-corrected chi connectivity index (χ4v) is 1.98. The van der Waals surface area contributed by atoms with Crippen molar-refractivity contribution >= 4 is 5.91 Å². The van der Waals surface area contributed by atoms with E-state index in [0.29, 0.717) is 17.1 Å². The summed E-state index contributed by atoms with van der Waals surface area (Å²) in [6.45, 7) is 1.98. The molecule has 1 amide bonds. The van der Waals surface area contributed by atoms with E-state index in [0.717, 1.165) is 12.0 Å². The molecular weight excluding hydrogens is 206 g/mol. The number of methoxy groups -OCH3 is 2. The van der Waals surface area contributed by atoms with Gasteiger partial charge in [-0.3, -0.25) is 4.79 Å². The summed E-state index contributed by atoms with van der Waals surface area (Å²) < 4.78 is 10.4. The molecular formula is C12H15NO3. The van der Waals surface area contributed by atoms with Gasteiger partial charge in [0, 0.05) is 11.6 Å². The average molecular weight is 221 g/mol. The van der Waals surface area contributed by atoms with E-state index >= 15 is 0 Å². The van der Waals surface area contributed by atoms with Crippen molar-refractivity contribution in [2.24, 2.45) is 0 Å². The van der Waals surface area contributed by atoms with Crippen molar-refractivity contribution < 1.29 is 14.3 Å². The van der Waals surface area contributed by atoms with Crippen LogP contribution in [0.25, 0.3) is 0 Å². The van der Waals surface area contributed by atoms with Crippen molar-refractivity contribution in [1.29, 1.82) is 0 Å². The maximum Gasteiger partial charge on any atom is 0.251 e. The minimum absolute atomic E-state index is 0.0466. The Bertz CT molecular complexity index is 429. The molecule has 1 heterocycles. The lowest BCUT2D eigenvalue weighted by atomic mass is 9.95. The first-order valence-corrected chi connectivity index (χ1v) is 5.21. The molecule has 2 rings (SSSR count). The number of benzene rings is 1. The standard InChI is InChI=1S/C12H15NO3/c1-7-4-8-5-10(15-2)11(16-3)6-9(8)12(14)13-7/h5-7H,4H2,1-3H3,(H,13,14). The first kappa shape index (κ1) is 10.8. The Morgan fingerprint density at radius 2 is 1.88 bits per heavy atom. The van der Waals surface area contributed by atoms with Gasteiger partial charge in [-0.2, -0.15) is 0 Å². The lowest BCUT2D eigenvalue weighted by Crippen LogP contribution is -2.39. The molecule has 1 atom stereocenters. The molecule has 1 unspecified atom stereocenters. The third kappa shape index (κ3) is 1.71. The van der Waals surface area contributed by atoms with Crippen LogP contribution in [0.2, 0.25) is 0 Å². The van der Waals surface area contributed by atoms with Crippen LogP contribution in [0.5, 0.6) is 11.5 Å². The van der Waals surface area contributed by atoms with Gasteiger partial charge in [-0.1, -0.05) is 0 Å². The molecule has 0 saturated heterocycles. The van der Waals surface area contributed by atoms with Gasteiger partial charge in [0.25, 0.3) is 5.91 Å². The van der Waals surface area contributed by atoms with Crippen LogP contribution < -0.4 is 14.8 Å². The zero-order valence-corrected chi connectivity index (χ0v) is 9.66. The highest BCUT2D eigenvalue weighted by Crippen LogP contribution is 2.32. The van der Waals surface area contributed by atoms with Crippen molar-refractivity contribution in [3.63, 3.8) is 0 Å². The largest absolute Gasteiger partial charge is 0.493 e. The minimum atomic E-state index is -0.0466. The Kier molecular flexibility index (Phi) is 2.73. The van der Waals surface area contributed by atoms with E-state index in [2.05, 4.69) is 5.32 Å². The Morgan fingerprint density at radius 3 is 2.50 bits per heavy atom. The molecule has 0 bridgehead atoms. The Labute approximate surface area is 94.6 Å². The van der Waals surface area contributed by atoms with Crippen molar-refractivity contribution in [3.05, 3.63) is 23.3 Å². The van der Waals surface area contributed by atoms with Gasteiger partial charge in [-0.15, -0.1) is 0 Å². The predicted molar refractivity (Wildman–Crippen MR) is 60.2 cm³/mol. The van der Waals surface area contributed by atoms with E-state index in [9.17, 15) is 4.79 Å². The smallest absolute Gasteiger partial charge is 0.251 e. The monoisotopic (exact) mass is 221 g/mol. The van der Waals surface area contributed by atoms with E-state index < -0.39 is 0 Å². The number of hydrogen-bond acceptors (Lipinski definition) is 3. The number of amides is 1. The van der Waals surface area contributed by atoms with Crippen LogP contribution in [0.15, 0.2) is 12.1 Å². The highest BCUT2D eigenvalue weighted by Gasteiger charge is 2.23. The lowest BCUT2D eigenvalue weighted by Gasteiger charge is -2.23. The molecule has 4 heteroatoms. The maximum absolute atomic E-state index is 11.8. The third-order valence-corrected chi connectivity index (χ3v) is 2.76. The molecule has 1 aromatic rings. The third-order valence-electron chi connectivity index (χ3n) is 2.76. The topological polar surface area (TPSA) is 47.6 Å². The molecule has 16 heavy (non-hydrogen) atoms. The fraction of sp³-hybridized carbons (Fsp3) is 0.417. The second-order valence-electron chi connectivity index (χ2n) is 3.94. The molecule has 0 radical (unpaired) electrons. The van der Waals surface area contributed by atoms with Gasteiger partial charge in [0.1, 0.15) is 0 Å². The number of rotatable bonds is 2. The van der Waals surface area contributed by atoms with Gasteiger partial charge in [-0.25, -0.2) is 0 Å². The molecule has 4 nitrogen and oxygen atoms in total. The van der Waals surface area contributed by atoms with Gasteiger partial charge >= 0.3 is 0 Å². The van der Waals surface area contributed by atoms with Crippen molar-refractivity contribution in [1.82, 2.24) is 5.32 Å². The van der Waals surface area contributed by atoms with Crippen molar-refractivity contribution in [3.8, 4) is 11.5 Å². The highest BCUT2D eigenvalue weighted by molar-refractivity contribution is 5.97. The van der Waals surface area contributed by atoms with Crippen LogP contribution in [0.4, 0.5) is 0 Å². The summed E-state index contributed by atoms with van der Waals surface area (Å²) in [6.07, 6.45) is 0.821. The van der Waals surface area contributed by atoms with Gasteiger partial charge < -0.3 is 14.8 Å². The molecule has 0 saturated carbocycles. The van der Waals surface area contributed by atoms with E-state index in [1.807, 2.05) is 13.0 Å². The summed E-state index contributed by atoms with van der Waals surface area (Å²) in [4.78, 5) is 11.8. The molecule has 0 aliphatic carbocycles. The second-order valence-corrected chi connectivity index (χ2v) is 3.94. The number of fused-ring (bicyclic) bond motifs is 1. The summed E-state index contributed by atoms with van der Waals surface area (Å²) in [5.74, 6) is 1.21. The SMILES string of the molecule is COc1cc2c(cc1OC)C(=O)NC(C)C2. The van der Waals surface area contributed by atoms with Crippen LogP contribution in [0.1, 0.15) is 22.8 Å². The first-order valence-electron chi connectivity index (χ1n) is 5.21. The minimum Gasteiger partial charge on any atom is -0.493 e. The van der Waals surface area contributed by atoms with Crippen LogP contribution in [-0.4, -0.2) is 26.2 Å². The van der Waals surface area contributed by atoms with Gasteiger partial charge in [-0.05, 0) is 31.0 Å². The van der Waals surface area contributed by atoms with Gasteiger partial charge in [0.2, 0.25) is 0 Å². The van der Waals surface area contributed by atoms with Crippen LogP contribution in [0.3, 0.4) is 0 Å². The summed E-state index contributed by atoms with van der Waals surface area (Å²) in [5, 5.41) is 2.89. The predicted octanol–water partition coefficient (Wildman–Crippen LogP) is 1.38. The summed E-state index contributed by atoms with van der Waals surface area (Å²) >= 11 is 0. The number of carbonyl (C=O) groups excluding carboxylic acids is 1. The van der Waals surface area contributed by atoms with Gasteiger partial charge in [0.15, 0.2) is 11.5 Å². The van der Waals surface area contributed by atoms with Crippen molar-refractivity contribution in [2.75, 3.05) is 14.2 Å². The molecule has 0 fully saturated rings. The molecule has 1 N–H and O–H groups in total. The van der Waals surface area contributed by atoms with Crippen LogP contribution in [0, 0.1) is 0 Å². The molecule has 1 aliphatic rings. The van der Waals surface area contributed by atoms with E-state index in [1.165, 1.54) is 0 Å². The van der Waals surface area contributed by atoms with E-state index in [1.54, 1.807) is 20.3 Å². The normalized spacial score (nSPS) is 18.7. The molecule has 1 aromatic carbocycles. The van der Waals surface area contributed by atoms with Crippen LogP contribution in [-0.2, 0) is 6.42 Å². The first-order chi connectivity index (χ1) is 7.65. The Morgan fingerprint density at radius 1 is 1.25 bits per heavy atom. The Hall–Kier alpha value is -1.71. The molecule has 86 valence electrons. The number of nitrogens with one attached hydrogen (secondary N) is 1. The number of ether oxygens (including phenoxy) is 2. The average Bonchev–Trinajstić information content (AvgIpc) is 2.27. The zero-order chi connectivity index (χ0) is 11.7.